The number of carbonyl (C=O) groups is 1. The van der Waals surface area contributed by atoms with Crippen LogP contribution in [0.5, 0.6) is 0 Å². The maximum absolute atomic E-state index is 14.7. The van der Waals surface area contributed by atoms with Gasteiger partial charge in [-0.3, -0.25) is 9.69 Å². The van der Waals surface area contributed by atoms with E-state index in [-0.39, 0.29) is 25.9 Å². The number of hydrogen-bond acceptors (Lipinski definition) is 4. The summed E-state index contributed by atoms with van der Waals surface area (Å²) in [6.45, 7) is 6.18. The number of alkyl halides is 3. The van der Waals surface area contributed by atoms with Crippen molar-refractivity contribution < 1.29 is 36.8 Å². The highest BCUT2D eigenvalue weighted by Crippen LogP contribution is 2.41. The van der Waals surface area contributed by atoms with Gasteiger partial charge in [0.15, 0.2) is 0 Å². The zero-order valence-corrected chi connectivity index (χ0v) is 15.3. The Labute approximate surface area is 150 Å². The number of hydrogen-bond donors (Lipinski definition) is 1. The fraction of sp³-hybridized carbons (Fsp3) is 0.812. The molecule has 0 atom stereocenters. The molecule has 10 heteroatoms. The van der Waals surface area contributed by atoms with Crippen LogP contribution in [0.2, 0.25) is 0 Å². The lowest BCUT2D eigenvalue weighted by molar-refractivity contribution is -0.143. The van der Waals surface area contributed by atoms with Crippen LogP contribution in [0.15, 0.2) is 11.3 Å². The zero-order chi connectivity index (χ0) is 19.9. The van der Waals surface area contributed by atoms with Crippen LogP contribution in [-0.4, -0.2) is 60.1 Å². The molecule has 2 fully saturated rings. The molecule has 5 nitrogen and oxygen atoms in total. The van der Waals surface area contributed by atoms with Crippen molar-refractivity contribution in [1.29, 1.82) is 0 Å². The highest BCUT2D eigenvalue weighted by atomic mass is 19.4. The molecule has 148 valence electrons. The van der Waals surface area contributed by atoms with Crippen LogP contribution in [0.1, 0.15) is 40.5 Å². The van der Waals surface area contributed by atoms with E-state index in [4.69, 9.17) is 14.4 Å². The third kappa shape index (κ3) is 4.40. The minimum Gasteiger partial charge on any atom is -0.481 e. The predicted octanol–water partition coefficient (Wildman–Crippen LogP) is 3.20. The highest BCUT2D eigenvalue weighted by molar-refractivity contribution is 6.53. The van der Waals surface area contributed by atoms with Gasteiger partial charge in [0.2, 0.25) is 0 Å². The second-order valence-electron chi connectivity index (χ2n) is 7.80. The fourth-order valence-electron chi connectivity index (χ4n) is 2.95. The molecule has 0 aromatic heterocycles. The molecule has 0 aromatic carbocycles. The lowest BCUT2D eigenvalue weighted by Crippen LogP contribution is -2.41. The summed E-state index contributed by atoms with van der Waals surface area (Å²) < 4.78 is 65.8. The Kier molecular flexibility index (Phi) is 5.80. The van der Waals surface area contributed by atoms with Crippen LogP contribution >= 0.6 is 0 Å². The van der Waals surface area contributed by atoms with E-state index in [1.807, 2.05) is 0 Å². The van der Waals surface area contributed by atoms with Crippen LogP contribution in [0, 0.1) is 5.92 Å². The molecule has 2 aliphatic heterocycles. The van der Waals surface area contributed by atoms with Gasteiger partial charge in [-0.2, -0.15) is 13.2 Å². The summed E-state index contributed by atoms with van der Waals surface area (Å²) in [6.07, 6.45) is -4.41. The zero-order valence-electron chi connectivity index (χ0n) is 15.3. The number of halogens is 4. The molecule has 2 rings (SSSR count). The number of aliphatic carboxylic acids is 1. The van der Waals surface area contributed by atoms with Gasteiger partial charge in [-0.15, -0.1) is 0 Å². The molecule has 0 amide bonds. The molecular formula is C16H24BF4NO4. The Morgan fingerprint density at radius 1 is 1.15 bits per heavy atom. The lowest BCUT2D eigenvalue weighted by Gasteiger charge is -2.32. The number of rotatable bonds is 4. The van der Waals surface area contributed by atoms with Gasteiger partial charge in [0.05, 0.1) is 22.7 Å². The van der Waals surface area contributed by atoms with E-state index in [0.29, 0.717) is 0 Å². The van der Waals surface area contributed by atoms with E-state index in [1.165, 1.54) is 4.90 Å². The Morgan fingerprint density at radius 3 is 2.00 bits per heavy atom. The third-order valence-corrected chi connectivity index (χ3v) is 5.41. The first kappa shape index (κ1) is 21.2. The first-order valence-electron chi connectivity index (χ1n) is 8.51. The van der Waals surface area contributed by atoms with Crippen molar-refractivity contribution >= 4 is 13.1 Å². The predicted molar refractivity (Wildman–Crippen MR) is 87.1 cm³/mol. The number of likely N-dealkylation sites (tertiary alicyclic amines) is 1. The quantitative estimate of drug-likeness (QED) is 0.599. The van der Waals surface area contributed by atoms with Crippen molar-refractivity contribution in [3.63, 3.8) is 0 Å². The van der Waals surface area contributed by atoms with Gasteiger partial charge in [0.1, 0.15) is 5.73 Å². The van der Waals surface area contributed by atoms with E-state index in [1.54, 1.807) is 27.7 Å². The van der Waals surface area contributed by atoms with E-state index in [2.05, 4.69) is 0 Å². The fourth-order valence-corrected chi connectivity index (χ4v) is 2.95. The minimum absolute atomic E-state index is 0.160. The summed E-state index contributed by atoms with van der Waals surface area (Å²) in [5.41, 5.74) is -4.72. The lowest BCUT2D eigenvalue weighted by atomic mass is 9.84. The van der Waals surface area contributed by atoms with Crippen molar-refractivity contribution in [2.75, 3.05) is 19.6 Å². The van der Waals surface area contributed by atoms with Gasteiger partial charge < -0.3 is 14.4 Å². The standard InChI is InChI=1S/C16H24BF4NO4/c1-14(2)15(3,4)26-17(25-14)12(18)11(16(19,20)21)9-22-7-5-10(6-8-22)13(23)24/h10H,5-9H2,1-4H3,(H,23,24). The first-order valence-corrected chi connectivity index (χ1v) is 8.51. The molecule has 0 saturated carbocycles. The van der Waals surface area contributed by atoms with Crippen LogP contribution in [0.4, 0.5) is 17.6 Å². The van der Waals surface area contributed by atoms with E-state index >= 15 is 0 Å². The molecule has 2 heterocycles. The summed E-state index contributed by atoms with van der Waals surface area (Å²) in [6, 6.07) is 0. The topological polar surface area (TPSA) is 59.0 Å². The normalized spacial score (nSPS) is 25.3. The number of carboxylic acids is 1. The van der Waals surface area contributed by atoms with Gasteiger partial charge in [-0.25, -0.2) is 4.39 Å². The maximum Gasteiger partial charge on any atom is 0.525 e. The van der Waals surface area contributed by atoms with Crippen molar-refractivity contribution in [1.82, 2.24) is 4.90 Å². The minimum atomic E-state index is -4.88. The van der Waals surface area contributed by atoms with Crippen LogP contribution in [0.25, 0.3) is 0 Å². The summed E-state index contributed by atoms with van der Waals surface area (Å²) in [5, 5.41) is 8.96. The van der Waals surface area contributed by atoms with Crippen LogP contribution in [0.3, 0.4) is 0 Å². The molecule has 0 radical (unpaired) electrons. The summed E-state index contributed by atoms with van der Waals surface area (Å²) in [5.74, 6) is -1.53. The molecule has 0 spiro atoms. The van der Waals surface area contributed by atoms with E-state index < -0.39 is 54.2 Å². The molecule has 0 bridgehead atoms. The average Bonchev–Trinajstić information content (AvgIpc) is 2.72. The van der Waals surface area contributed by atoms with Gasteiger partial charge in [-0.1, -0.05) is 0 Å². The van der Waals surface area contributed by atoms with Crippen molar-refractivity contribution in [2.24, 2.45) is 5.92 Å². The van der Waals surface area contributed by atoms with Crippen molar-refractivity contribution in [2.45, 2.75) is 57.9 Å². The van der Waals surface area contributed by atoms with Gasteiger partial charge in [0.25, 0.3) is 0 Å². The molecular weight excluding hydrogens is 357 g/mol. The Hall–Kier alpha value is -1.13. The van der Waals surface area contributed by atoms with Crippen LogP contribution in [-0.2, 0) is 14.1 Å². The first-order chi connectivity index (χ1) is 11.7. The number of nitrogens with zero attached hydrogens (tertiary/aromatic N) is 1. The van der Waals surface area contributed by atoms with E-state index in [9.17, 15) is 22.4 Å². The molecule has 1 N–H and O–H groups in total. The van der Waals surface area contributed by atoms with Gasteiger partial charge in [0, 0.05) is 6.54 Å². The van der Waals surface area contributed by atoms with Crippen LogP contribution < -0.4 is 0 Å². The molecule has 0 unspecified atom stereocenters. The highest BCUT2D eigenvalue weighted by Gasteiger charge is 2.55. The molecule has 26 heavy (non-hydrogen) atoms. The Morgan fingerprint density at radius 2 is 1.62 bits per heavy atom. The SMILES string of the molecule is CC1(C)OB(C(F)=C(CN2CCC(C(=O)O)CC2)C(F)(F)F)OC1(C)C. The van der Waals surface area contributed by atoms with Gasteiger partial charge >= 0.3 is 19.3 Å². The second kappa shape index (κ2) is 7.12. The Balaban J connectivity index is 2.18. The third-order valence-electron chi connectivity index (χ3n) is 5.41. The Bertz CT molecular complexity index is 567. The number of carboxylic acid groups (broad SMARTS) is 1. The maximum atomic E-state index is 14.7. The summed E-state index contributed by atoms with van der Waals surface area (Å²) in [4.78, 5) is 12.4. The largest absolute Gasteiger partial charge is 0.525 e. The van der Waals surface area contributed by atoms with Gasteiger partial charge in [-0.05, 0) is 53.6 Å². The summed E-state index contributed by atoms with van der Waals surface area (Å²) >= 11 is 0. The monoisotopic (exact) mass is 381 g/mol. The molecule has 2 saturated heterocycles. The summed E-state index contributed by atoms with van der Waals surface area (Å²) in [7, 11) is -1.71. The smallest absolute Gasteiger partial charge is 0.481 e. The number of piperidine rings is 1. The second-order valence-corrected chi connectivity index (χ2v) is 7.80. The molecule has 0 aliphatic carbocycles. The average molecular weight is 381 g/mol. The molecule has 0 aromatic rings. The molecule has 2 aliphatic rings. The van der Waals surface area contributed by atoms with Crippen molar-refractivity contribution in [3.8, 4) is 0 Å². The van der Waals surface area contributed by atoms with E-state index in [0.717, 1.165) is 0 Å². The van der Waals surface area contributed by atoms with Crippen molar-refractivity contribution in [3.05, 3.63) is 11.3 Å².